The predicted octanol–water partition coefficient (Wildman–Crippen LogP) is 3.31. The lowest BCUT2D eigenvalue weighted by Gasteiger charge is -2.16. The highest BCUT2D eigenvalue weighted by molar-refractivity contribution is 9.09. The monoisotopic (exact) mass is 323 g/mol. The van der Waals surface area contributed by atoms with Crippen LogP contribution in [0.1, 0.15) is 13.8 Å². The smallest absolute Gasteiger partial charge is 0.335 e. The maximum atomic E-state index is 5.65. The summed E-state index contributed by atoms with van der Waals surface area (Å²) in [6, 6.07) is 10.3. The van der Waals surface area contributed by atoms with Crippen molar-refractivity contribution in [2.24, 2.45) is 11.8 Å². The summed E-state index contributed by atoms with van der Waals surface area (Å²) in [6.45, 7) is 5.00. The fourth-order valence-electron chi connectivity index (χ4n) is 1.62. The van der Waals surface area contributed by atoms with Crippen molar-refractivity contribution in [3.8, 4) is 11.7 Å². The minimum atomic E-state index is 0.426. The fourth-order valence-corrected chi connectivity index (χ4v) is 2.55. The zero-order chi connectivity index (χ0) is 13.7. The molecule has 0 amide bonds. The quantitative estimate of drug-likeness (QED) is 0.766. The number of aromatic nitrogens is 3. The van der Waals surface area contributed by atoms with E-state index in [4.69, 9.17) is 4.74 Å². The Morgan fingerprint density at radius 1 is 1.26 bits per heavy atom. The molecule has 5 heteroatoms. The van der Waals surface area contributed by atoms with E-state index in [0.717, 1.165) is 11.0 Å². The largest absolute Gasteiger partial charge is 0.462 e. The topological polar surface area (TPSA) is 39.9 Å². The van der Waals surface area contributed by atoms with E-state index in [1.54, 1.807) is 11.0 Å². The van der Waals surface area contributed by atoms with Crippen LogP contribution in [0.5, 0.6) is 6.01 Å². The summed E-state index contributed by atoms with van der Waals surface area (Å²) in [5.74, 6) is 1.03. The summed E-state index contributed by atoms with van der Waals surface area (Å²) in [5.41, 5.74) is 0.978. The van der Waals surface area contributed by atoms with Crippen LogP contribution in [0.15, 0.2) is 36.7 Å². The lowest BCUT2D eigenvalue weighted by atomic mass is 9.99. The first kappa shape index (κ1) is 14.1. The number of nitrogens with zero attached hydrogens (tertiary/aromatic N) is 3. The van der Waals surface area contributed by atoms with Crippen LogP contribution in [0.2, 0.25) is 0 Å². The number of para-hydroxylation sites is 1. The van der Waals surface area contributed by atoms with E-state index >= 15 is 0 Å². The molecule has 0 spiro atoms. The number of halogens is 1. The van der Waals surface area contributed by atoms with E-state index in [2.05, 4.69) is 39.9 Å². The Hall–Kier alpha value is -1.36. The molecule has 2 rings (SSSR count). The van der Waals surface area contributed by atoms with Gasteiger partial charge in [-0.05, 0) is 18.1 Å². The molecule has 0 aliphatic carbocycles. The Balaban J connectivity index is 1.98. The van der Waals surface area contributed by atoms with E-state index in [1.165, 1.54) is 0 Å². The SMILES string of the molecule is CC(C)C(CBr)COc1ncn(-c2ccccc2)n1. The van der Waals surface area contributed by atoms with Crippen LogP contribution < -0.4 is 4.74 Å². The van der Waals surface area contributed by atoms with Gasteiger partial charge in [-0.3, -0.25) is 0 Å². The summed E-state index contributed by atoms with van der Waals surface area (Å²) in [7, 11) is 0. The molecular formula is C14H18BrN3O. The molecule has 2 aromatic rings. The molecule has 1 atom stereocenters. The standard InChI is InChI=1S/C14H18BrN3O/c1-11(2)12(8-15)9-19-14-16-10-18(17-14)13-6-4-3-5-7-13/h3-7,10-12H,8-9H2,1-2H3. The highest BCUT2D eigenvalue weighted by Crippen LogP contribution is 2.15. The van der Waals surface area contributed by atoms with Gasteiger partial charge in [-0.1, -0.05) is 48.0 Å². The predicted molar refractivity (Wildman–Crippen MR) is 79.0 cm³/mol. The Bertz CT molecular complexity index is 498. The maximum absolute atomic E-state index is 5.65. The molecule has 0 N–H and O–H groups in total. The molecule has 0 fully saturated rings. The van der Waals surface area contributed by atoms with Crippen LogP contribution in [-0.2, 0) is 0 Å². The molecule has 4 nitrogen and oxygen atoms in total. The van der Waals surface area contributed by atoms with Gasteiger partial charge >= 0.3 is 6.01 Å². The van der Waals surface area contributed by atoms with Crippen molar-refractivity contribution in [2.75, 3.05) is 11.9 Å². The lowest BCUT2D eigenvalue weighted by molar-refractivity contribution is 0.213. The summed E-state index contributed by atoms with van der Waals surface area (Å²) in [5, 5.41) is 5.23. The summed E-state index contributed by atoms with van der Waals surface area (Å²) >= 11 is 3.51. The molecule has 0 saturated heterocycles. The van der Waals surface area contributed by atoms with E-state index in [0.29, 0.717) is 24.5 Å². The highest BCUT2D eigenvalue weighted by Gasteiger charge is 2.14. The van der Waals surface area contributed by atoms with E-state index < -0.39 is 0 Å². The molecule has 0 saturated carbocycles. The third-order valence-electron chi connectivity index (χ3n) is 3.06. The maximum Gasteiger partial charge on any atom is 0.335 e. The normalized spacial score (nSPS) is 12.6. The van der Waals surface area contributed by atoms with Gasteiger partial charge in [-0.25, -0.2) is 4.68 Å². The van der Waals surface area contributed by atoms with Crippen LogP contribution >= 0.6 is 15.9 Å². The van der Waals surface area contributed by atoms with Gasteiger partial charge in [-0.15, -0.1) is 5.10 Å². The second-order valence-corrected chi connectivity index (χ2v) is 5.42. The molecular weight excluding hydrogens is 306 g/mol. The Labute approximate surface area is 121 Å². The number of hydrogen-bond acceptors (Lipinski definition) is 3. The van der Waals surface area contributed by atoms with Crippen LogP contribution in [0, 0.1) is 11.8 Å². The minimum absolute atomic E-state index is 0.426. The molecule has 1 unspecified atom stereocenters. The van der Waals surface area contributed by atoms with Gasteiger partial charge in [0.2, 0.25) is 0 Å². The average molecular weight is 324 g/mol. The Morgan fingerprint density at radius 2 is 2.00 bits per heavy atom. The van der Waals surface area contributed by atoms with Crippen LogP contribution in [-0.4, -0.2) is 26.7 Å². The molecule has 1 aromatic heterocycles. The molecule has 0 radical (unpaired) electrons. The molecule has 19 heavy (non-hydrogen) atoms. The molecule has 102 valence electrons. The number of hydrogen-bond donors (Lipinski definition) is 0. The Morgan fingerprint density at radius 3 is 2.63 bits per heavy atom. The number of rotatable bonds is 6. The second kappa shape index (κ2) is 6.70. The van der Waals surface area contributed by atoms with Crippen molar-refractivity contribution in [3.05, 3.63) is 36.7 Å². The summed E-state index contributed by atoms with van der Waals surface area (Å²) in [4.78, 5) is 4.17. The van der Waals surface area contributed by atoms with Crippen molar-refractivity contribution in [1.29, 1.82) is 0 Å². The first-order valence-electron chi connectivity index (χ1n) is 6.36. The minimum Gasteiger partial charge on any atom is -0.462 e. The van der Waals surface area contributed by atoms with Crippen molar-refractivity contribution < 1.29 is 4.74 Å². The zero-order valence-corrected chi connectivity index (χ0v) is 12.7. The summed E-state index contributed by atoms with van der Waals surface area (Å²) < 4.78 is 7.37. The van der Waals surface area contributed by atoms with Gasteiger partial charge in [-0.2, -0.15) is 4.98 Å². The first-order valence-corrected chi connectivity index (χ1v) is 7.48. The zero-order valence-electron chi connectivity index (χ0n) is 11.2. The second-order valence-electron chi connectivity index (χ2n) is 4.78. The van der Waals surface area contributed by atoms with Gasteiger partial charge in [0.15, 0.2) is 0 Å². The molecule has 0 aliphatic heterocycles. The van der Waals surface area contributed by atoms with Crippen molar-refractivity contribution in [2.45, 2.75) is 13.8 Å². The van der Waals surface area contributed by atoms with Crippen LogP contribution in [0.4, 0.5) is 0 Å². The summed E-state index contributed by atoms with van der Waals surface area (Å²) in [6.07, 6.45) is 1.67. The van der Waals surface area contributed by atoms with Gasteiger partial charge in [0, 0.05) is 11.2 Å². The molecule has 0 aliphatic rings. The van der Waals surface area contributed by atoms with Crippen LogP contribution in [0.3, 0.4) is 0 Å². The number of benzene rings is 1. The third kappa shape index (κ3) is 3.80. The van der Waals surface area contributed by atoms with E-state index in [1.807, 2.05) is 30.3 Å². The van der Waals surface area contributed by atoms with Crippen LogP contribution in [0.25, 0.3) is 5.69 Å². The number of ether oxygens (including phenoxy) is 1. The third-order valence-corrected chi connectivity index (χ3v) is 3.89. The van der Waals surface area contributed by atoms with Crippen molar-refractivity contribution in [1.82, 2.24) is 14.8 Å². The van der Waals surface area contributed by atoms with Gasteiger partial charge in [0.05, 0.1) is 12.3 Å². The number of alkyl halides is 1. The molecule has 0 bridgehead atoms. The average Bonchev–Trinajstić information content (AvgIpc) is 2.89. The molecule has 1 heterocycles. The van der Waals surface area contributed by atoms with Crippen molar-refractivity contribution >= 4 is 15.9 Å². The van der Waals surface area contributed by atoms with Crippen molar-refractivity contribution in [3.63, 3.8) is 0 Å². The van der Waals surface area contributed by atoms with Gasteiger partial charge in [0.1, 0.15) is 6.33 Å². The Kier molecular flexibility index (Phi) is 4.96. The van der Waals surface area contributed by atoms with Gasteiger partial charge in [0.25, 0.3) is 0 Å². The first-order chi connectivity index (χ1) is 9.20. The lowest BCUT2D eigenvalue weighted by Crippen LogP contribution is -2.19. The van der Waals surface area contributed by atoms with E-state index in [9.17, 15) is 0 Å². The van der Waals surface area contributed by atoms with Gasteiger partial charge < -0.3 is 4.74 Å². The fraction of sp³-hybridized carbons (Fsp3) is 0.429. The highest BCUT2D eigenvalue weighted by atomic mass is 79.9. The molecule has 1 aromatic carbocycles. The van der Waals surface area contributed by atoms with E-state index in [-0.39, 0.29) is 0 Å².